The van der Waals surface area contributed by atoms with E-state index in [2.05, 4.69) is 24.1 Å². The summed E-state index contributed by atoms with van der Waals surface area (Å²) in [6, 6.07) is 5.61. The molecule has 8 heteroatoms. The van der Waals surface area contributed by atoms with E-state index in [9.17, 15) is 4.39 Å². The molecule has 130 valence electrons. The lowest BCUT2D eigenvalue weighted by atomic mass is 10.1. The first-order chi connectivity index (χ1) is 11.3. The zero-order valence-corrected chi connectivity index (χ0v) is 13.3. The second-order valence-corrected chi connectivity index (χ2v) is 5.68. The van der Waals surface area contributed by atoms with Crippen molar-refractivity contribution >= 4 is 28.6 Å². The van der Waals surface area contributed by atoms with Gasteiger partial charge in [-0.25, -0.2) is 14.0 Å². The molecular weight excluding hydrogens is 319 g/mol. The fourth-order valence-corrected chi connectivity index (χ4v) is 2.60. The first-order valence-corrected chi connectivity index (χ1v) is 7.42. The molecule has 1 aromatic heterocycles. The van der Waals surface area contributed by atoms with Gasteiger partial charge in [0.1, 0.15) is 5.82 Å². The highest BCUT2D eigenvalue weighted by Crippen LogP contribution is 2.31. The summed E-state index contributed by atoms with van der Waals surface area (Å²) in [6.07, 6.45) is 1.61. The lowest BCUT2D eigenvalue weighted by molar-refractivity contribution is -0.159. The predicted octanol–water partition coefficient (Wildman–Crippen LogP) is 1.91. The van der Waals surface area contributed by atoms with E-state index in [4.69, 9.17) is 24.2 Å². The van der Waals surface area contributed by atoms with Crippen LogP contribution in [0.4, 0.5) is 10.1 Å². The van der Waals surface area contributed by atoms with Gasteiger partial charge in [0.2, 0.25) is 0 Å². The molecule has 1 aromatic carbocycles. The molecule has 1 aliphatic rings. The Bertz CT molecular complexity index is 733. The van der Waals surface area contributed by atoms with Crippen LogP contribution >= 0.6 is 0 Å². The summed E-state index contributed by atoms with van der Waals surface area (Å²) in [5, 5.41) is 19.0. The molecule has 0 unspecified atom stereocenters. The van der Waals surface area contributed by atoms with Gasteiger partial charge in [-0.05, 0) is 26.0 Å². The maximum absolute atomic E-state index is 13.7. The van der Waals surface area contributed by atoms with E-state index in [1.807, 2.05) is 0 Å². The van der Waals surface area contributed by atoms with E-state index in [1.54, 1.807) is 18.4 Å². The highest BCUT2D eigenvalue weighted by molar-refractivity contribution is 6.27. The summed E-state index contributed by atoms with van der Waals surface area (Å²) in [4.78, 5) is 20.4. The molecule has 2 atom stereocenters. The molecule has 3 N–H and O–H groups in total. The number of hydrogen-bond acceptors (Lipinski definition) is 5. The Morgan fingerprint density at radius 3 is 2.58 bits per heavy atom. The quantitative estimate of drug-likeness (QED) is 0.683. The maximum Gasteiger partial charge on any atom is 0.414 e. The number of hydrogen-bond donors (Lipinski definition) is 3. The number of carbonyl (C=O) groups is 2. The molecular formula is C16H19FN2O5. The molecule has 24 heavy (non-hydrogen) atoms. The largest absolute Gasteiger partial charge is 0.473 e. The van der Waals surface area contributed by atoms with Crippen LogP contribution in [0.1, 0.15) is 13.8 Å². The first kappa shape index (κ1) is 17.7. The molecule has 0 bridgehead atoms. The van der Waals surface area contributed by atoms with Crippen molar-refractivity contribution in [2.45, 2.75) is 25.9 Å². The number of nitrogens with one attached hydrogen (secondary N) is 1. The number of nitrogens with zero attached hydrogens (tertiary/aromatic N) is 1. The van der Waals surface area contributed by atoms with Crippen LogP contribution < -0.4 is 10.2 Å². The molecule has 1 aliphatic heterocycles. The number of piperazine rings is 1. The molecule has 2 heterocycles. The molecule has 2 aromatic rings. The van der Waals surface area contributed by atoms with Crippen LogP contribution in [0, 0.1) is 5.82 Å². The second-order valence-electron chi connectivity index (χ2n) is 5.68. The fraction of sp³-hybridized carbons (Fsp3) is 0.375. The number of benzene rings is 1. The minimum absolute atomic E-state index is 0.211. The minimum atomic E-state index is -1.82. The highest BCUT2D eigenvalue weighted by Gasteiger charge is 2.25. The molecule has 7 nitrogen and oxygen atoms in total. The number of aliphatic carboxylic acids is 2. The van der Waals surface area contributed by atoms with E-state index in [1.165, 1.54) is 6.07 Å². The van der Waals surface area contributed by atoms with E-state index in [0.717, 1.165) is 29.7 Å². The van der Waals surface area contributed by atoms with Crippen LogP contribution in [-0.2, 0) is 9.59 Å². The standard InChI is InChI=1S/C14H17FN2O.C2H2O4/c1-9-8-17(10(2)7-16-9)13-6-12(15)5-11-3-4-18-14(11)13;3-1(4)2(5)6/h3-6,9-10,16H,7-8H2,1-2H3;(H,3,4)(H,5,6)/t9-,10-;/m0./s1. The molecule has 3 rings (SSSR count). The number of fused-ring (bicyclic) bond motifs is 1. The van der Waals surface area contributed by atoms with E-state index in [0.29, 0.717) is 12.1 Å². The Hall–Kier alpha value is -2.61. The van der Waals surface area contributed by atoms with Gasteiger partial charge in [-0.15, -0.1) is 0 Å². The second kappa shape index (κ2) is 7.31. The number of anilines is 1. The third-order valence-corrected chi connectivity index (χ3v) is 3.75. The average molecular weight is 338 g/mol. The van der Waals surface area contributed by atoms with Crippen molar-refractivity contribution in [1.29, 1.82) is 0 Å². The Morgan fingerprint density at radius 2 is 1.96 bits per heavy atom. The van der Waals surface area contributed by atoms with Gasteiger partial charge in [0.15, 0.2) is 5.58 Å². The van der Waals surface area contributed by atoms with Crippen LogP contribution in [0.3, 0.4) is 0 Å². The summed E-state index contributed by atoms with van der Waals surface area (Å²) >= 11 is 0. The van der Waals surface area contributed by atoms with Gasteiger partial charge >= 0.3 is 11.9 Å². The SMILES string of the molecule is C[C@H]1CN(c2cc(F)cc3ccoc23)[C@@H](C)CN1.O=C(O)C(=O)O. The van der Waals surface area contributed by atoms with Gasteiger partial charge in [0.25, 0.3) is 0 Å². The van der Waals surface area contributed by atoms with Gasteiger partial charge in [-0.3, -0.25) is 0 Å². The molecule has 1 fully saturated rings. The van der Waals surface area contributed by atoms with E-state index < -0.39 is 11.9 Å². The van der Waals surface area contributed by atoms with Gasteiger partial charge in [0, 0.05) is 36.6 Å². The summed E-state index contributed by atoms with van der Waals surface area (Å²) in [6.45, 7) is 6.04. The highest BCUT2D eigenvalue weighted by atomic mass is 19.1. The maximum atomic E-state index is 13.7. The van der Waals surface area contributed by atoms with Crippen molar-refractivity contribution < 1.29 is 28.6 Å². The first-order valence-electron chi connectivity index (χ1n) is 7.42. The Labute approximate surface area is 137 Å². The summed E-state index contributed by atoms with van der Waals surface area (Å²) in [7, 11) is 0. The predicted molar refractivity (Wildman–Crippen MR) is 85.7 cm³/mol. The summed E-state index contributed by atoms with van der Waals surface area (Å²) < 4.78 is 19.2. The minimum Gasteiger partial charge on any atom is -0.473 e. The molecule has 0 aliphatic carbocycles. The zero-order chi connectivity index (χ0) is 17.9. The normalized spacial score (nSPS) is 20.4. The van der Waals surface area contributed by atoms with Gasteiger partial charge in [0.05, 0.1) is 12.0 Å². The number of halogens is 1. The van der Waals surface area contributed by atoms with Crippen LogP contribution in [0.5, 0.6) is 0 Å². The lowest BCUT2D eigenvalue weighted by Crippen LogP contribution is -2.54. The fourth-order valence-electron chi connectivity index (χ4n) is 2.60. The molecule has 0 radical (unpaired) electrons. The molecule has 0 saturated carbocycles. The van der Waals surface area contributed by atoms with E-state index >= 15 is 0 Å². The van der Waals surface area contributed by atoms with Gasteiger partial charge < -0.3 is 24.8 Å². The monoisotopic (exact) mass is 338 g/mol. The van der Waals surface area contributed by atoms with E-state index in [-0.39, 0.29) is 5.82 Å². The summed E-state index contributed by atoms with van der Waals surface area (Å²) in [5.74, 6) is -3.86. The number of furan rings is 1. The summed E-state index contributed by atoms with van der Waals surface area (Å²) in [5.41, 5.74) is 1.63. The topological polar surface area (TPSA) is 103 Å². The number of rotatable bonds is 1. The zero-order valence-electron chi connectivity index (χ0n) is 13.3. The third-order valence-electron chi connectivity index (χ3n) is 3.75. The van der Waals surface area contributed by atoms with Crippen LogP contribution in [0.2, 0.25) is 0 Å². The Morgan fingerprint density at radius 1 is 1.29 bits per heavy atom. The third kappa shape index (κ3) is 4.02. The van der Waals surface area contributed by atoms with Crippen LogP contribution in [0.15, 0.2) is 28.9 Å². The van der Waals surface area contributed by atoms with Gasteiger partial charge in [-0.1, -0.05) is 0 Å². The van der Waals surface area contributed by atoms with Crippen molar-refractivity contribution in [2.75, 3.05) is 18.0 Å². The molecule has 1 saturated heterocycles. The Balaban J connectivity index is 0.000000301. The van der Waals surface area contributed by atoms with Crippen molar-refractivity contribution in [1.82, 2.24) is 5.32 Å². The van der Waals surface area contributed by atoms with Crippen molar-refractivity contribution in [3.05, 3.63) is 30.3 Å². The van der Waals surface area contributed by atoms with Crippen molar-refractivity contribution in [3.63, 3.8) is 0 Å². The molecule has 0 amide bonds. The van der Waals surface area contributed by atoms with Crippen molar-refractivity contribution in [3.8, 4) is 0 Å². The van der Waals surface area contributed by atoms with Crippen LogP contribution in [-0.4, -0.2) is 47.3 Å². The van der Waals surface area contributed by atoms with Crippen molar-refractivity contribution in [2.24, 2.45) is 0 Å². The van der Waals surface area contributed by atoms with Gasteiger partial charge in [-0.2, -0.15) is 0 Å². The number of carboxylic acid groups (broad SMARTS) is 2. The smallest absolute Gasteiger partial charge is 0.414 e. The number of carboxylic acids is 2. The average Bonchev–Trinajstić information content (AvgIpc) is 2.97. The molecule has 0 spiro atoms. The lowest BCUT2D eigenvalue weighted by Gasteiger charge is -2.39. The van der Waals surface area contributed by atoms with Crippen LogP contribution in [0.25, 0.3) is 11.0 Å². The Kier molecular flexibility index (Phi) is 5.40.